The third-order valence-electron chi connectivity index (χ3n) is 3.19. The van der Waals surface area contributed by atoms with E-state index < -0.39 is 11.7 Å². The molecule has 0 saturated heterocycles. The summed E-state index contributed by atoms with van der Waals surface area (Å²) in [6.45, 7) is 3.58. The van der Waals surface area contributed by atoms with Crippen molar-refractivity contribution in [3.05, 3.63) is 57.8 Å². The molecule has 0 spiro atoms. The molecule has 24 heavy (non-hydrogen) atoms. The largest absolute Gasteiger partial charge is 0.326 e. The predicted octanol–water partition coefficient (Wildman–Crippen LogP) is 4.98. The van der Waals surface area contributed by atoms with Crippen molar-refractivity contribution in [3.63, 3.8) is 0 Å². The average Bonchev–Trinajstić information content (AvgIpc) is 2.52. The molecule has 2 amide bonds. The summed E-state index contributed by atoms with van der Waals surface area (Å²) in [6, 6.07) is 8.71. The van der Waals surface area contributed by atoms with Crippen molar-refractivity contribution in [2.45, 2.75) is 13.8 Å². The second-order valence-corrected chi connectivity index (χ2v) is 6.24. The van der Waals surface area contributed by atoms with Crippen LogP contribution in [0.3, 0.4) is 0 Å². The first-order chi connectivity index (χ1) is 11.3. The van der Waals surface area contributed by atoms with E-state index in [1.807, 2.05) is 0 Å². The number of rotatable bonds is 4. The van der Waals surface area contributed by atoms with Gasteiger partial charge >= 0.3 is 0 Å². The number of hydrogen-bond acceptors (Lipinski definition) is 2. The Morgan fingerprint density at radius 1 is 0.958 bits per heavy atom. The molecule has 4 nitrogen and oxygen atoms in total. The minimum absolute atomic E-state index is 0.0178. The molecule has 0 unspecified atom stereocenters. The lowest BCUT2D eigenvalue weighted by molar-refractivity contribution is -0.118. The molecule has 126 valence electrons. The second-order valence-electron chi connectivity index (χ2n) is 5.42. The molecule has 2 rings (SSSR count). The van der Waals surface area contributed by atoms with Crippen molar-refractivity contribution in [2.75, 3.05) is 10.6 Å². The normalized spacial score (nSPS) is 10.6. The number of nitrogens with one attached hydrogen (secondary N) is 2. The molecule has 0 aliphatic carbocycles. The Labute approximate surface area is 149 Å². The van der Waals surface area contributed by atoms with Gasteiger partial charge in [0.1, 0.15) is 5.82 Å². The number of amides is 2. The van der Waals surface area contributed by atoms with Gasteiger partial charge in [0.05, 0.1) is 15.6 Å². The van der Waals surface area contributed by atoms with Crippen LogP contribution in [0.4, 0.5) is 15.8 Å². The van der Waals surface area contributed by atoms with E-state index in [0.717, 1.165) is 6.07 Å². The van der Waals surface area contributed by atoms with E-state index in [-0.39, 0.29) is 27.4 Å². The Hall–Kier alpha value is -2.11. The summed E-state index contributed by atoms with van der Waals surface area (Å²) in [4.78, 5) is 23.8. The van der Waals surface area contributed by atoms with E-state index in [1.165, 1.54) is 6.07 Å². The van der Waals surface area contributed by atoms with Gasteiger partial charge in [0.25, 0.3) is 5.91 Å². The maximum absolute atomic E-state index is 13.5. The van der Waals surface area contributed by atoms with Crippen molar-refractivity contribution in [1.29, 1.82) is 0 Å². The first kappa shape index (κ1) is 18.2. The Kier molecular flexibility index (Phi) is 5.80. The number of anilines is 2. The van der Waals surface area contributed by atoms with Gasteiger partial charge in [-0.05, 0) is 36.4 Å². The van der Waals surface area contributed by atoms with Crippen molar-refractivity contribution < 1.29 is 14.0 Å². The molecule has 0 saturated carbocycles. The van der Waals surface area contributed by atoms with E-state index in [9.17, 15) is 14.0 Å². The zero-order chi connectivity index (χ0) is 17.9. The van der Waals surface area contributed by atoms with Crippen LogP contribution in [0.5, 0.6) is 0 Å². The topological polar surface area (TPSA) is 58.2 Å². The summed E-state index contributed by atoms with van der Waals surface area (Å²) in [5.74, 6) is -1.52. The van der Waals surface area contributed by atoms with Crippen molar-refractivity contribution in [2.24, 2.45) is 5.92 Å². The van der Waals surface area contributed by atoms with Gasteiger partial charge in [-0.25, -0.2) is 4.39 Å². The van der Waals surface area contributed by atoms with Gasteiger partial charge in [-0.1, -0.05) is 37.0 Å². The molecular formula is C17H15Cl2FN2O2. The third-order valence-corrected chi connectivity index (χ3v) is 3.79. The summed E-state index contributed by atoms with van der Waals surface area (Å²) < 4.78 is 13.5. The van der Waals surface area contributed by atoms with Gasteiger partial charge in [0.15, 0.2) is 0 Å². The predicted molar refractivity (Wildman–Crippen MR) is 94.3 cm³/mol. The van der Waals surface area contributed by atoms with Crippen LogP contribution in [0, 0.1) is 11.7 Å². The Bertz CT molecular complexity index is 777. The number of carbonyl (C=O) groups is 2. The van der Waals surface area contributed by atoms with Crippen LogP contribution in [0.2, 0.25) is 10.0 Å². The van der Waals surface area contributed by atoms with Gasteiger partial charge in [-0.2, -0.15) is 0 Å². The zero-order valence-corrected chi connectivity index (χ0v) is 14.5. The Morgan fingerprint density at radius 3 is 2.04 bits per heavy atom. The number of hydrogen-bond donors (Lipinski definition) is 2. The molecule has 0 heterocycles. The molecule has 2 aromatic carbocycles. The fourth-order valence-corrected chi connectivity index (χ4v) is 2.29. The highest BCUT2D eigenvalue weighted by atomic mass is 35.5. The van der Waals surface area contributed by atoms with Crippen molar-refractivity contribution >= 4 is 46.4 Å². The van der Waals surface area contributed by atoms with Gasteiger partial charge in [0, 0.05) is 17.3 Å². The summed E-state index contributed by atoms with van der Waals surface area (Å²) in [5, 5.41) is 5.25. The van der Waals surface area contributed by atoms with Gasteiger partial charge < -0.3 is 10.6 Å². The maximum atomic E-state index is 13.5. The fourth-order valence-electron chi connectivity index (χ4n) is 1.82. The third kappa shape index (κ3) is 4.46. The molecule has 0 aliphatic heterocycles. The maximum Gasteiger partial charge on any atom is 0.257 e. The lowest BCUT2D eigenvalue weighted by Crippen LogP contribution is -2.17. The van der Waals surface area contributed by atoms with Gasteiger partial charge in [-0.15, -0.1) is 0 Å². The lowest BCUT2D eigenvalue weighted by atomic mass is 10.2. The second kappa shape index (κ2) is 7.64. The SMILES string of the molecule is CC(C)C(=O)Nc1ccc(NC(=O)c2cc(F)c(Cl)cc2Cl)cc1. The minimum atomic E-state index is -0.724. The highest BCUT2D eigenvalue weighted by Gasteiger charge is 2.14. The lowest BCUT2D eigenvalue weighted by Gasteiger charge is -2.10. The Morgan fingerprint density at radius 2 is 1.50 bits per heavy atom. The van der Waals surface area contributed by atoms with Crippen LogP contribution < -0.4 is 10.6 Å². The van der Waals surface area contributed by atoms with Crippen LogP contribution in [0.25, 0.3) is 0 Å². The van der Waals surface area contributed by atoms with Crippen LogP contribution >= 0.6 is 23.2 Å². The monoisotopic (exact) mass is 368 g/mol. The molecule has 0 radical (unpaired) electrons. The summed E-state index contributed by atoms with van der Waals surface area (Å²) in [5.41, 5.74) is 1.08. The fraction of sp³-hybridized carbons (Fsp3) is 0.176. The summed E-state index contributed by atoms with van der Waals surface area (Å²) in [6.07, 6.45) is 0. The summed E-state index contributed by atoms with van der Waals surface area (Å²) >= 11 is 11.5. The van der Waals surface area contributed by atoms with Crippen LogP contribution in [0.1, 0.15) is 24.2 Å². The standard InChI is InChI=1S/C17H15Cl2FN2O2/c1-9(2)16(23)21-10-3-5-11(6-4-10)22-17(24)12-7-15(20)14(19)8-13(12)18/h3-9H,1-2H3,(H,21,23)(H,22,24). The van der Waals surface area contributed by atoms with Crippen molar-refractivity contribution in [1.82, 2.24) is 0 Å². The molecule has 0 bridgehead atoms. The Balaban J connectivity index is 2.10. The number of benzene rings is 2. The van der Waals surface area contributed by atoms with E-state index in [1.54, 1.807) is 38.1 Å². The van der Waals surface area contributed by atoms with Gasteiger partial charge in [0.2, 0.25) is 5.91 Å². The molecule has 0 fully saturated rings. The molecule has 0 atom stereocenters. The molecule has 0 aliphatic rings. The minimum Gasteiger partial charge on any atom is -0.326 e. The van der Waals surface area contributed by atoms with Gasteiger partial charge in [-0.3, -0.25) is 9.59 Å². The van der Waals surface area contributed by atoms with Crippen LogP contribution in [0.15, 0.2) is 36.4 Å². The first-order valence-corrected chi connectivity index (χ1v) is 7.90. The highest BCUT2D eigenvalue weighted by molar-refractivity contribution is 6.37. The molecule has 0 aromatic heterocycles. The molecule has 2 aromatic rings. The molecule has 2 N–H and O–H groups in total. The zero-order valence-electron chi connectivity index (χ0n) is 13.0. The first-order valence-electron chi connectivity index (χ1n) is 7.14. The highest BCUT2D eigenvalue weighted by Crippen LogP contribution is 2.25. The molecule has 7 heteroatoms. The van der Waals surface area contributed by atoms with Crippen molar-refractivity contribution in [3.8, 4) is 0 Å². The van der Waals surface area contributed by atoms with E-state index in [0.29, 0.717) is 11.4 Å². The number of halogens is 3. The number of carbonyl (C=O) groups excluding carboxylic acids is 2. The van der Waals surface area contributed by atoms with E-state index >= 15 is 0 Å². The molecular weight excluding hydrogens is 354 g/mol. The van der Waals surface area contributed by atoms with Crippen LogP contribution in [-0.4, -0.2) is 11.8 Å². The smallest absolute Gasteiger partial charge is 0.257 e. The van der Waals surface area contributed by atoms with Crippen LogP contribution in [-0.2, 0) is 4.79 Å². The summed E-state index contributed by atoms with van der Waals surface area (Å²) in [7, 11) is 0. The average molecular weight is 369 g/mol. The van der Waals surface area contributed by atoms with E-state index in [2.05, 4.69) is 10.6 Å². The van der Waals surface area contributed by atoms with E-state index in [4.69, 9.17) is 23.2 Å². The quantitative estimate of drug-likeness (QED) is 0.747.